The fraction of sp³-hybridized carbons (Fsp3) is 0.524. The van der Waals surface area contributed by atoms with E-state index in [0.717, 1.165) is 42.3 Å². The standard InChI is InChI=1S/C21H28N6O/c1-3-26-11-6-7-16(26)13-23-20-17-9-12-27(15(2)28)14-19(17)24-21(25-20)18-8-4-5-10-22-18/h4-5,8,10,16H,3,6-7,9,11-14H2,1-2H3,(H,23,24,25). The average Bonchev–Trinajstić information content (AvgIpc) is 3.19. The Morgan fingerprint density at radius 3 is 2.93 bits per heavy atom. The molecule has 0 aromatic carbocycles. The van der Waals surface area contributed by atoms with Gasteiger partial charge in [0.1, 0.15) is 11.5 Å². The predicted octanol–water partition coefficient (Wildman–Crippen LogP) is 2.34. The van der Waals surface area contributed by atoms with Crippen molar-refractivity contribution in [2.75, 3.05) is 31.5 Å². The van der Waals surface area contributed by atoms with Crippen molar-refractivity contribution < 1.29 is 4.79 Å². The Kier molecular flexibility index (Phi) is 5.52. The molecule has 4 rings (SSSR count). The average molecular weight is 380 g/mol. The molecular weight excluding hydrogens is 352 g/mol. The molecule has 1 N–H and O–H groups in total. The van der Waals surface area contributed by atoms with E-state index >= 15 is 0 Å². The van der Waals surface area contributed by atoms with Gasteiger partial charge in [-0.05, 0) is 44.5 Å². The van der Waals surface area contributed by atoms with Gasteiger partial charge in [0.25, 0.3) is 0 Å². The second kappa shape index (κ2) is 8.22. The molecule has 7 heteroatoms. The largest absolute Gasteiger partial charge is 0.368 e. The zero-order valence-corrected chi connectivity index (χ0v) is 16.7. The number of likely N-dealkylation sites (N-methyl/N-ethyl adjacent to an activating group) is 1. The van der Waals surface area contributed by atoms with Gasteiger partial charge < -0.3 is 10.2 Å². The van der Waals surface area contributed by atoms with Crippen LogP contribution in [0.15, 0.2) is 24.4 Å². The predicted molar refractivity (Wildman–Crippen MR) is 109 cm³/mol. The second-order valence-electron chi connectivity index (χ2n) is 7.53. The van der Waals surface area contributed by atoms with Gasteiger partial charge in [-0.25, -0.2) is 9.97 Å². The van der Waals surface area contributed by atoms with Gasteiger partial charge in [-0.15, -0.1) is 0 Å². The number of fused-ring (bicyclic) bond motifs is 1. The highest BCUT2D eigenvalue weighted by molar-refractivity contribution is 5.74. The summed E-state index contributed by atoms with van der Waals surface area (Å²) in [5, 5.41) is 3.61. The quantitative estimate of drug-likeness (QED) is 0.858. The van der Waals surface area contributed by atoms with Crippen LogP contribution in [0.3, 0.4) is 0 Å². The van der Waals surface area contributed by atoms with Gasteiger partial charge in [0.15, 0.2) is 5.82 Å². The smallest absolute Gasteiger partial charge is 0.219 e. The molecule has 1 atom stereocenters. The highest BCUT2D eigenvalue weighted by Crippen LogP contribution is 2.27. The molecule has 2 aliphatic rings. The van der Waals surface area contributed by atoms with Crippen molar-refractivity contribution in [2.45, 2.75) is 45.7 Å². The molecule has 4 heterocycles. The topological polar surface area (TPSA) is 74.2 Å². The number of hydrogen-bond acceptors (Lipinski definition) is 6. The first-order chi connectivity index (χ1) is 13.7. The van der Waals surface area contributed by atoms with Crippen molar-refractivity contribution in [1.29, 1.82) is 0 Å². The maximum absolute atomic E-state index is 11.9. The summed E-state index contributed by atoms with van der Waals surface area (Å²) in [6.45, 7) is 8.23. The molecule has 1 fully saturated rings. The summed E-state index contributed by atoms with van der Waals surface area (Å²) in [4.78, 5) is 30.3. The number of pyridine rings is 1. The van der Waals surface area contributed by atoms with Crippen molar-refractivity contribution in [3.8, 4) is 11.5 Å². The van der Waals surface area contributed by atoms with E-state index in [4.69, 9.17) is 9.97 Å². The first kappa shape index (κ1) is 18.8. The molecule has 2 aromatic rings. The monoisotopic (exact) mass is 380 g/mol. The minimum atomic E-state index is 0.0858. The number of nitrogens with one attached hydrogen (secondary N) is 1. The van der Waals surface area contributed by atoms with E-state index in [9.17, 15) is 4.79 Å². The minimum absolute atomic E-state index is 0.0858. The van der Waals surface area contributed by atoms with Gasteiger partial charge in [-0.2, -0.15) is 0 Å². The summed E-state index contributed by atoms with van der Waals surface area (Å²) < 4.78 is 0. The van der Waals surface area contributed by atoms with Gasteiger partial charge in [0.2, 0.25) is 5.91 Å². The van der Waals surface area contributed by atoms with E-state index in [1.54, 1.807) is 13.1 Å². The Morgan fingerprint density at radius 2 is 2.18 bits per heavy atom. The zero-order chi connectivity index (χ0) is 19.5. The SMILES string of the molecule is CCN1CCCC1CNc1nc(-c2ccccn2)nc2c1CCN(C(C)=O)C2. The van der Waals surface area contributed by atoms with E-state index in [1.165, 1.54) is 19.4 Å². The number of aromatic nitrogens is 3. The van der Waals surface area contributed by atoms with Crippen molar-refractivity contribution in [2.24, 2.45) is 0 Å². The molecule has 1 amide bonds. The van der Waals surface area contributed by atoms with Crippen molar-refractivity contribution in [3.05, 3.63) is 35.7 Å². The van der Waals surface area contributed by atoms with E-state index in [-0.39, 0.29) is 5.91 Å². The van der Waals surface area contributed by atoms with E-state index in [1.807, 2.05) is 23.1 Å². The third-order valence-corrected chi connectivity index (χ3v) is 5.81. The van der Waals surface area contributed by atoms with Gasteiger partial charge >= 0.3 is 0 Å². The molecule has 0 aliphatic carbocycles. The minimum Gasteiger partial charge on any atom is -0.368 e. The van der Waals surface area contributed by atoms with Crippen LogP contribution in [0.1, 0.15) is 37.9 Å². The lowest BCUT2D eigenvalue weighted by molar-refractivity contribution is -0.129. The highest BCUT2D eigenvalue weighted by atomic mass is 16.2. The van der Waals surface area contributed by atoms with E-state index in [2.05, 4.69) is 22.1 Å². The lowest BCUT2D eigenvalue weighted by Gasteiger charge is -2.29. The van der Waals surface area contributed by atoms with E-state index < -0.39 is 0 Å². The third kappa shape index (κ3) is 3.85. The molecule has 2 aliphatic heterocycles. The fourth-order valence-electron chi connectivity index (χ4n) is 4.21. The Bertz CT molecular complexity index is 840. The lowest BCUT2D eigenvalue weighted by Crippen LogP contribution is -2.37. The summed E-state index contributed by atoms with van der Waals surface area (Å²) in [6.07, 6.45) is 5.01. The molecule has 1 saturated heterocycles. The summed E-state index contributed by atoms with van der Waals surface area (Å²) in [7, 11) is 0. The van der Waals surface area contributed by atoms with Crippen LogP contribution in [-0.4, -0.2) is 62.9 Å². The first-order valence-electron chi connectivity index (χ1n) is 10.2. The molecular formula is C21H28N6O. The van der Waals surface area contributed by atoms with Crippen LogP contribution in [0.2, 0.25) is 0 Å². The van der Waals surface area contributed by atoms with Crippen LogP contribution in [0, 0.1) is 0 Å². The molecule has 0 saturated carbocycles. The number of carbonyl (C=O) groups is 1. The summed E-state index contributed by atoms with van der Waals surface area (Å²) >= 11 is 0. The van der Waals surface area contributed by atoms with Crippen LogP contribution in [0.5, 0.6) is 0 Å². The highest BCUT2D eigenvalue weighted by Gasteiger charge is 2.26. The third-order valence-electron chi connectivity index (χ3n) is 5.81. The lowest BCUT2D eigenvalue weighted by atomic mass is 10.0. The number of rotatable bonds is 5. The molecule has 7 nitrogen and oxygen atoms in total. The molecule has 28 heavy (non-hydrogen) atoms. The number of hydrogen-bond donors (Lipinski definition) is 1. The Morgan fingerprint density at radius 1 is 1.29 bits per heavy atom. The van der Waals surface area contributed by atoms with Gasteiger partial charge in [-0.1, -0.05) is 13.0 Å². The number of carbonyl (C=O) groups excluding carboxylic acids is 1. The normalized spacial score (nSPS) is 19.5. The van der Waals surface area contributed by atoms with Gasteiger partial charge in [0, 0.05) is 37.8 Å². The fourth-order valence-corrected chi connectivity index (χ4v) is 4.21. The molecule has 0 bridgehead atoms. The number of anilines is 1. The molecule has 0 spiro atoms. The maximum atomic E-state index is 11.9. The number of nitrogens with zero attached hydrogens (tertiary/aromatic N) is 5. The van der Waals surface area contributed by atoms with Crippen LogP contribution >= 0.6 is 0 Å². The zero-order valence-electron chi connectivity index (χ0n) is 16.7. The molecule has 0 radical (unpaired) electrons. The summed E-state index contributed by atoms with van der Waals surface area (Å²) in [5.74, 6) is 1.60. The maximum Gasteiger partial charge on any atom is 0.219 e. The number of amides is 1. The van der Waals surface area contributed by atoms with Crippen LogP contribution in [0.25, 0.3) is 11.5 Å². The van der Waals surface area contributed by atoms with Crippen molar-refractivity contribution in [3.63, 3.8) is 0 Å². The molecule has 148 valence electrons. The Labute approximate surface area is 166 Å². The van der Waals surface area contributed by atoms with Crippen LogP contribution in [0.4, 0.5) is 5.82 Å². The number of likely N-dealkylation sites (tertiary alicyclic amines) is 1. The molecule has 2 aromatic heterocycles. The van der Waals surface area contributed by atoms with Gasteiger partial charge in [0.05, 0.1) is 12.2 Å². The van der Waals surface area contributed by atoms with E-state index in [0.29, 0.717) is 25.0 Å². The van der Waals surface area contributed by atoms with Crippen molar-refractivity contribution in [1.82, 2.24) is 24.8 Å². The Hall–Kier alpha value is -2.54. The van der Waals surface area contributed by atoms with Crippen LogP contribution in [-0.2, 0) is 17.8 Å². The van der Waals surface area contributed by atoms with Crippen LogP contribution < -0.4 is 5.32 Å². The Balaban J connectivity index is 1.64. The summed E-state index contributed by atoms with van der Waals surface area (Å²) in [5.41, 5.74) is 2.82. The van der Waals surface area contributed by atoms with Gasteiger partial charge in [-0.3, -0.25) is 14.7 Å². The first-order valence-corrected chi connectivity index (χ1v) is 10.2. The molecule has 1 unspecified atom stereocenters. The van der Waals surface area contributed by atoms with Crippen molar-refractivity contribution >= 4 is 11.7 Å². The summed E-state index contributed by atoms with van der Waals surface area (Å²) in [6, 6.07) is 6.30. The second-order valence-corrected chi connectivity index (χ2v) is 7.53.